The predicted molar refractivity (Wildman–Crippen MR) is 65.1 cm³/mol. The maximum absolute atomic E-state index is 11.2. The number of nitrogens with two attached hydrogens (primary N) is 1. The molecule has 0 saturated heterocycles. The van der Waals surface area contributed by atoms with Gasteiger partial charge in [0.2, 0.25) is 5.91 Å². The molecule has 16 heavy (non-hydrogen) atoms. The van der Waals surface area contributed by atoms with Crippen molar-refractivity contribution in [1.29, 1.82) is 5.41 Å². The first kappa shape index (κ1) is 12.4. The van der Waals surface area contributed by atoms with Gasteiger partial charge in [-0.25, -0.2) is 0 Å². The van der Waals surface area contributed by atoms with E-state index in [0.29, 0.717) is 19.4 Å². The van der Waals surface area contributed by atoms with Crippen LogP contribution in [0.15, 0.2) is 35.1 Å². The second-order valence-corrected chi connectivity index (χ2v) is 3.51. The molecule has 0 saturated carbocycles. The molecule has 4 N–H and O–H groups in total. The van der Waals surface area contributed by atoms with Crippen LogP contribution in [-0.2, 0) is 4.79 Å². The molecular weight excluding hydrogens is 202 g/mol. The summed E-state index contributed by atoms with van der Waals surface area (Å²) in [4.78, 5) is 11.2. The normalized spacial score (nSPS) is 15.5. The van der Waals surface area contributed by atoms with E-state index in [-0.39, 0.29) is 5.91 Å². The predicted octanol–water partition coefficient (Wildman–Crippen LogP) is 1.26. The molecule has 0 radical (unpaired) electrons. The Bertz CT molecular complexity index is 378. The largest absolute Gasteiger partial charge is 0.327 e. The van der Waals surface area contributed by atoms with Crippen LogP contribution in [0.25, 0.3) is 0 Å². The zero-order valence-electron chi connectivity index (χ0n) is 9.42. The summed E-state index contributed by atoms with van der Waals surface area (Å²) in [6, 6.07) is 0. The number of carbonyl (C=O) groups excluding carboxylic acids is 1. The van der Waals surface area contributed by atoms with Crippen LogP contribution in [0.5, 0.6) is 0 Å². The second kappa shape index (κ2) is 6.02. The molecule has 0 aromatic rings. The molecule has 0 aliphatic heterocycles. The summed E-state index contributed by atoms with van der Waals surface area (Å²) in [7, 11) is 0. The minimum atomic E-state index is -0.0106. The average Bonchev–Trinajstić information content (AvgIpc) is 2.50. The SMILES string of the molecule is CCC(=O)NC1=CCC(CN)=C(C=N)C=C1. The van der Waals surface area contributed by atoms with E-state index in [2.05, 4.69) is 5.32 Å². The Morgan fingerprint density at radius 1 is 1.62 bits per heavy atom. The summed E-state index contributed by atoms with van der Waals surface area (Å²) >= 11 is 0. The fraction of sp³-hybridized carbons (Fsp3) is 0.333. The molecule has 1 rings (SSSR count). The number of nitrogens with one attached hydrogen (secondary N) is 2. The third-order valence-electron chi connectivity index (χ3n) is 2.43. The quantitative estimate of drug-likeness (QED) is 0.622. The molecule has 0 fully saturated rings. The number of hydrogen-bond donors (Lipinski definition) is 3. The number of carbonyl (C=O) groups is 1. The van der Waals surface area contributed by atoms with Crippen molar-refractivity contribution in [3.8, 4) is 0 Å². The summed E-state index contributed by atoms with van der Waals surface area (Å²) in [5, 5.41) is 10.1. The van der Waals surface area contributed by atoms with Crippen LogP contribution in [0.2, 0.25) is 0 Å². The van der Waals surface area contributed by atoms with Crippen LogP contribution in [-0.4, -0.2) is 18.7 Å². The lowest BCUT2D eigenvalue weighted by Gasteiger charge is -2.03. The Kier molecular flexibility index (Phi) is 4.66. The van der Waals surface area contributed by atoms with Gasteiger partial charge in [-0.1, -0.05) is 19.1 Å². The summed E-state index contributed by atoms with van der Waals surface area (Å²) in [5.74, 6) is -0.0106. The molecular formula is C12H17N3O. The summed E-state index contributed by atoms with van der Waals surface area (Å²) in [6.45, 7) is 2.24. The van der Waals surface area contributed by atoms with Gasteiger partial charge in [-0.2, -0.15) is 0 Å². The van der Waals surface area contributed by atoms with E-state index in [1.165, 1.54) is 6.21 Å². The molecule has 1 aliphatic rings. The van der Waals surface area contributed by atoms with E-state index < -0.39 is 0 Å². The number of hydrogen-bond acceptors (Lipinski definition) is 3. The first-order chi connectivity index (χ1) is 7.71. The van der Waals surface area contributed by atoms with Gasteiger partial charge in [0.25, 0.3) is 0 Å². The van der Waals surface area contributed by atoms with Gasteiger partial charge in [-0.3, -0.25) is 4.79 Å². The molecule has 86 valence electrons. The minimum Gasteiger partial charge on any atom is -0.327 e. The molecule has 4 heteroatoms. The average molecular weight is 219 g/mol. The van der Waals surface area contributed by atoms with Gasteiger partial charge in [0.15, 0.2) is 0 Å². The van der Waals surface area contributed by atoms with E-state index in [9.17, 15) is 4.79 Å². The van der Waals surface area contributed by atoms with Crippen molar-refractivity contribution in [2.24, 2.45) is 5.73 Å². The van der Waals surface area contributed by atoms with E-state index in [0.717, 1.165) is 16.8 Å². The molecule has 0 atom stereocenters. The maximum Gasteiger partial charge on any atom is 0.224 e. The van der Waals surface area contributed by atoms with Crippen molar-refractivity contribution in [2.45, 2.75) is 19.8 Å². The monoisotopic (exact) mass is 219 g/mol. The molecule has 0 bridgehead atoms. The zero-order valence-corrected chi connectivity index (χ0v) is 9.42. The highest BCUT2D eigenvalue weighted by atomic mass is 16.1. The second-order valence-electron chi connectivity index (χ2n) is 3.51. The van der Waals surface area contributed by atoms with Gasteiger partial charge in [-0.05, 0) is 23.6 Å². The topological polar surface area (TPSA) is 79.0 Å². The summed E-state index contributed by atoms with van der Waals surface area (Å²) < 4.78 is 0. The Hall–Kier alpha value is -1.68. The van der Waals surface area contributed by atoms with Crippen molar-refractivity contribution in [3.05, 3.63) is 35.1 Å². The van der Waals surface area contributed by atoms with Crippen LogP contribution in [0.3, 0.4) is 0 Å². The Labute approximate surface area is 95.4 Å². The molecule has 0 unspecified atom stereocenters. The molecule has 1 amide bonds. The highest BCUT2D eigenvalue weighted by Gasteiger charge is 2.06. The van der Waals surface area contributed by atoms with Gasteiger partial charge in [0, 0.05) is 24.9 Å². The third-order valence-corrected chi connectivity index (χ3v) is 2.43. The zero-order chi connectivity index (χ0) is 12.0. The van der Waals surface area contributed by atoms with E-state index >= 15 is 0 Å². The lowest BCUT2D eigenvalue weighted by atomic mass is 10.1. The number of allylic oxidation sites excluding steroid dienone is 4. The fourth-order valence-corrected chi connectivity index (χ4v) is 1.41. The van der Waals surface area contributed by atoms with Crippen molar-refractivity contribution in [2.75, 3.05) is 6.54 Å². The summed E-state index contributed by atoms with van der Waals surface area (Å²) in [6.07, 6.45) is 7.95. The van der Waals surface area contributed by atoms with Crippen LogP contribution >= 0.6 is 0 Å². The van der Waals surface area contributed by atoms with Crippen molar-refractivity contribution < 1.29 is 4.79 Å². The smallest absolute Gasteiger partial charge is 0.224 e. The lowest BCUT2D eigenvalue weighted by Crippen LogP contribution is -2.20. The molecule has 0 aromatic carbocycles. The molecule has 4 nitrogen and oxygen atoms in total. The van der Waals surface area contributed by atoms with Gasteiger partial charge in [-0.15, -0.1) is 0 Å². The van der Waals surface area contributed by atoms with Crippen LogP contribution < -0.4 is 11.1 Å². The molecule has 1 aliphatic carbocycles. The van der Waals surface area contributed by atoms with Crippen molar-refractivity contribution in [3.63, 3.8) is 0 Å². The highest BCUT2D eigenvalue weighted by molar-refractivity contribution is 5.82. The van der Waals surface area contributed by atoms with Gasteiger partial charge >= 0.3 is 0 Å². The molecule has 0 heterocycles. The van der Waals surface area contributed by atoms with E-state index in [1.807, 2.05) is 19.1 Å². The Morgan fingerprint density at radius 3 is 2.94 bits per heavy atom. The fourth-order valence-electron chi connectivity index (χ4n) is 1.41. The standard InChI is InChI=1S/C12H17N3O/c1-2-12(16)15-11-5-3-9(7-13)10(8-14)4-6-11/h3,5-7,13H,2,4,8,14H2,1H3,(H,15,16). The highest BCUT2D eigenvalue weighted by Crippen LogP contribution is 2.14. The van der Waals surface area contributed by atoms with E-state index in [1.54, 1.807) is 6.08 Å². The lowest BCUT2D eigenvalue weighted by molar-refractivity contribution is -0.120. The third kappa shape index (κ3) is 3.17. The van der Waals surface area contributed by atoms with Gasteiger partial charge in [0.05, 0.1) is 0 Å². The minimum absolute atomic E-state index is 0.0106. The van der Waals surface area contributed by atoms with Gasteiger partial charge < -0.3 is 16.5 Å². The number of rotatable bonds is 4. The van der Waals surface area contributed by atoms with Gasteiger partial charge in [0.1, 0.15) is 0 Å². The van der Waals surface area contributed by atoms with Crippen LogP contribution in [0.4, 0.5) is 0 Å². The first-order valence-electron chi connectivity index (χ1n) is 5.32. The first-order valence-corrected chi connectivity index (χ1v) is 5.32. The van der Waals surface area contributed by atoms with Crippen molar-refractivity contribution >= 4 is 12.1 Å². The molecule has 0 spiro atoms. The van der Waals surface area contributed by atoms with Crippen LogP contribution in [0, 0.1) is 5.41 Å². The molecule has 0 aromatic heterocycles. The van der Waals surface area contributed by atoms with Crippen molar-refractivity contribution in [1.82, 2.24) is 5.32 Å². The van der Waals surface area contributed by atoms with E-state index in [4.69, 9.17) is 11.1 Å². The maximum atomic E-state index is 11.2. The Morgan fingerprint density at radius 2 is 2.38 bits per heavy atom. The van der Waals surface area contributed by atoms with Crippen LogP contribution in [0.1, 0.15) is 19.8 Å². The number of amides is 1. The Balaban J connectivity index is 2.80. The summed E-state index contributed by atoms with van der Waals surface area (Å²) in [5.41, 5.74) is 8.20.